The Labute approximate surface area is 121 Å². The molecule has 0 unspecified atom stereocenters. The number of anilines is 2. The van der Waals surface area contributed by atoms with E-state index in [1.807, 2.05) is 0 Å². The number of aromatic nitrogens is 1. The highest BCUT2D eigenvalue weighted by Gasteiger charge is 2.17. The van der Waals surface area contributed by atoms with Crippen LogP contribution in [0.4, 0.5) is 15.9 Å². The van der Waals surface area contributed by atoms with Gasteiger partial charge in [-0.15, -0.1) is 0 Å². The van der Waals surface area contributed by atoms with Crippen molar-refractivity contribution in [3.63, 3.8) is 0 Å². The van der Waals surface area contributed by atoms with E-state index in [0.29, 0.717) is 4.47 Å². The van der Waals surface area contributed by atoms with E-state index < -0.39 is 11.8 Å². The minimum Gasteiger partial charge on any atom is -0.478 e. The van der Waals surface area contributed by atoms with Crippen LogP contribution in [0, 0.1) is 5.82 Å². The summed E-state index contributed by atoms with van der Waals surface area (Å²) in [6.07, 6.45) is 0. The highest BCUT2D eigenvalue weighted by atomic mass is 79.9. The van der Waals surface area contributed by atoms with Crippen LogP contribution in [0.15, 0.2) is 28.7 Å². The molecule has 0 aliphatic heterocycles. The van der Waals surface area contributed by atoms with Crippen molar-refractivity contribution < 1.29 is 19.1 Å². The first kappa shape index (κ1) is 14.3. The van der Waals surface area contributed by atoms with E-state index in [1.165, 1.54) is 25.1 Å². The van der Waals surface area contributed by atoms with E-state index >= 15 is 0 Å². The normalized spacial score (nSPS) is 10.3. The van der Waals surface area contributed by atoms with Gasteiger partial charge in [0.1, 0.15) is 17.2 Å². The number of halogens is 2. The van der Waals surface area contributed by atoms with Crippen LogP contribution in [0.25, 0.3) is 0 Å². The number of hydrogen-bond donors (Lipinski definition) is 3. The molecule has 0 spiro atoms. The summed E-state index contributed by atoms with van der Waals surface area (Å²) in [4.78, 5) is 25.0. The highest BCUT2D eigenvalue weighted by molar-refractivity contribution is 9.10. The van der Waals surface area contributed by atoms with Gasteiger partial charge in [0.15, 0.2) is 5.78 Å². The van der Waals surface area contributed by atoms with Gasteiger partial charge in [-0.2, -0.15) is 0 Å². The predicted octanol–water partition coefficient (Wildman–Crippen LogP) is 3.56. The van der Waals surface area contributed by atoms with Crippen LogP contribution in [0.5, 0.6) is 0 Å². The molecular weight excluding hydrogens is 331 g/mol. The van der Waals surface area contributed by atoms with Crippen LogP contribution in [-0.4, -0.2) is 21.8 Å². The minimum absolute atomic E-state index is 0.0592. The maximum absolute atomic E-state index is 13.7. The van der Waals surface area contributed by atoms with Crippen LogP contribution in [0.1, 0.15) is 27.8 Å². The summed E-state index contributed by atoms with van der Waals surface area (Å²) < 4.78 is 14.3. The average Bonchev–Trinajstić information content (AvgIpc) is 2.77. The largest absolute Gasteiger partial charge is 0.478 e. The highest BCUT2D eigenvalue weighted by Crippen LogP contribution is 2.25. The van der Waals surface area contributed by atoms with E-state index in [2.05, 4.69) is 26.2 Å². The Balaban J connectivity index is 2.42. The monoisotopic (exact) mass is 340 g/mol. The summed E-state index contributed by atoms with van der Waals surface area (Å²) in [6.45, 7) is 1.31. The van der Waals surface area contributed by atoms with Gasteiger partial charge in [-0.3, -0.25) is 4.79 Å². The fourth-order valence-electron chi connectivity index (χ4n) is 1.64. The molecule has 104 valence electrons. The van der Waals surface area contributed by atoms with E-state index in [4.69, 9.17) is 5.11 Å². The lowest BCUT2D eigenvalue weighted by Gasteiger charge is -2.07. The lowest BCUT2D eigenvalue weighted by molar-refractivity contribution is 0.0698. The average molecular weight is 341 g/mol. The number of nitrogens with one attached hydrogen (secondary N) is 2. The first-order valence-electron chi connectivity index (χ1n) is 5.58. The van der Waals surface area contributed by atoms with Crippen molar-refractivity contribution in [2.75, 3.05) is 5.32 Å². The van der Waals surface area contributed by atoms with Gasteiger partial charge in [-0.25, -0.2) is 9.18 Å². The maximum atomic E-state index is 13.7. The number of carboxylic acid groups (broad SMARTS) is 1. The molecule has 1 aromatic heterocycles. The number of carboxylic acids is 1. The number of benzene rings is 1. The number of rotatable bonds is 4. The van der Waals surface area contributed by atoms with Crippen molar-refractivity contribution in [2.45, 2.75) is 6.92 Å². The molecule has 0 atom stereocenters. The first-order valence-corrected chi connectivity index (χ1v) is 6.37. The van der Waals surface area contributed by atoms with Gasteiger partial charge in [0.05, 0.1) is 11.4 Å². The molecule has 5 nitrogen and oxygen atoms in total. The van der Waals surface area contributed by atoms with Gasteiger partial charge >= 0.3 is 5.97 Å². The van der Waals surface area contributed by atoms with Gasteiger partial charge in [0, 0.05) is 11.4 Å². The molecule has 7 heteroatoms. The second-order valence-corrected chi connectivity index (χ2v) is 5.00. The summed E-state index contributed by atoms with van der Waals surface area (Å²) >= 11 is 3.13. The van der Waals surface area contributed by atoms with Crippen molar-refractivity contribution in [2.24, 2.45) is 0 Å². The summed E-state index contributed by atoms with van der Waals surface area (Å²) in [7, 11) is 0. The van der Waals surface area contributed by atoms with E-state index in [0.717, 1.165) is 0 Å². The lowest BCUT2D eigenvalue weighted by atomic mass is 10.2. The lowest BCUT2D eigenvalue weighted by Crippen LogP contribution is -2.01. The molecule has 2 aromatic rings. The molecule has 1 heterocycles. The fraction of sp³-hybridized carbons (Fsp3) is 0.0769. The molecule has 0 fully saturated rings. The van der Waals surface area contributed by atoms with Crippen molar-refractivity contribution in [3.05, 3.63) is 45.8 Å². The molecule has 3 N–H and O–H groups in total. The van der Waals surface area contributed by atoms with E-state index in [1.54, 1.807) is 6.07 Å². The number of carbonyl (C=O) groups excluding carboxylic acids is 1. The zero-order chi connectivity index (χ0) is 14.9. The van der Waals surface area contributed by atoms with Crippen molar-refractivity contribution in [3.8, 4) is 0 Å². The molecule has 0 bridgehead atoms. The minimum atomic E-state index is -1.21. The molecule has 0 saturated heterocycles. The Morgan fingerprint density at radius 1 is 1.35 bits per heavy atom. The number of Topliss-reactive ketones (excluding diaryl/α,β-unsaturated/α-hetero) is 1. The topological polar surface area (TPSA) is 82.2 Å². The van der Waals surface area contributed by atoms with E-state index in [9.17, 15) is 14.0 Å². The van der Waals surface area contributed by atoms with Crippen LogP contribution in [0.2, 0.25) is 0 Å². The molecule has 20 heavy (non-hydrogen) atoms. The quantitative estimate of drug-likeness (QED) is 0.743. The molecule has 0 amide bonds. The van der Waals surface area contributed by atoms with Crippen LogP contribution in [0.3, 0.4) is 0 Å². The Morgan fingerprint density at radius 3 is 2.60 bits per heavy atom. The van der Waals surface area contributed by atoms with Gasteiger partial charge in [0.2, 0.25) is 0 Å². The Bertz CT molecular complexity index is 697. The van der Waals surface area contributed by atoms with Crippen LogP contribution in [-0.2, 0) is 0 Å². The van der Waals surface area contributed by atoms with Crippen molar-refractivity contribution in [1.82, 2.24) is 4.98 Å². The molecule has 1 aromatic carbocycles. The number of H-pyrrole nitrogens is 1. The maximum Gasteiger partial charge on any atom is 0.339 e. The number of hydrogen-bond acceptors (Lipinski definition) is 3. The second-order valence-electron chi connectivity index (χ2n) is 4.08. The summed E-state index contributed by atoms with van der Waals surface area (Å²) in [5.41, 5.74) is 0.118. The number of ketones is 1. The molecule has 0 radical (unpaired) electrons. The SMILES string of the molecule is CC(=O)c1cc(C(=O)O)c(Nc2ccc(Br)cc2F)[nH]1. The third kappa shape index (κ3) is 2.88. The van der Waals surface area contributed by atoms with E-state index in [-0.39, 0.29) is 28.5 Å². The molecule has 0 aliphatic rings. The molecule has 0 saturated carbocycles. The zero-order valence-corrected chi connectivity index (χ0v) is 11.9. The van der Waals surface area contributed by atoms with Crippen molar-refractivity contribution >= 4 is 39.2 Å². The summed E-state index contributed by atoms with van der Waals surface area (Å²) in [5, 5.41) is 11.7. The van der Waals surface area contributed by atoms with Crippen LogP contribution >= 0.6 is 15.9 Å². The van der Waals surface area contributed by atoms with Crippen molar-refractivity contribution in [1.29, 1.82) is 0 Å². The standard InChI is InChI=1S/C13H10BrFN2O3/c1-6(18)11-5-8(13(19)20)12(17-11)16-10-3-2-7(14)4-9(10)15/h2-5,16-17H,1H3,(H,19,20). The third-order valence-electron chi connectivity index (χ3n) is 2.62. The van der Waals surface area contributed by atoms with Gasteiger partial charge in [-0.1, -0.05) is 15.9 Å². The van der Waals surface area contributed by atoms with Gasteiger partial charge in [-0.05, 0) is 24.3 Å². The summed E-state index contributed by atoms with van der Waals surface area (Å²) in [6, 6.07) is 5.53. The number of aromatic carboxylic acids is 1. The van der Waals surface area contributed by atoms with Crippen LogP contribution < -0.4 is 5.32 Å². The zero-order valence-electron chi connectivity index (χ0n) is 10.3. The van der Waals surface area contributed by atoms with Gasteiger partial charge < -0.3 is 15.4 Å². The van der Waals surface area contributed by atoms with Gasteiger partial charge in [0.25, 0.3) is 0 Å². The smallest absolute Gasteiger partial charge is 0.339 e. The molecule has 0 aliphatic carbocycles. The Morgan fingerprint density at radius 2 is 2.05 bits per heavy atom. The first-order chi connectivity index (χ1) is 9.38. The Hall–Kier alpha value is -2.15. The molecule has 2 rings (SSSR count). The third-order valence-corrected chi connectivity index (χ3v) is 3.11. The summed E-state index contributed by atoms with van der Waals surface area (Å²) in [5.74, 6) is -2.01. The fourth-order valence-corrected chi connectivity index (χ4v) is 1.97. The number of carbonyl (C=O) groups is 2. The molecular formula is C13H10BrFN2O3. The predicted molar refractivity (Wildman–Crippen MR) is 75.1 cm³/mol. The second kappa shape index (κ2) is 5.46. The number of aromatic amines is 1. The Kier molecular flexibility index (Phi) is 3.89.